The van der Waals surface area contributed by atoms with Gasteiger partial charge in [-0.2, -0.15) is 0 Å². The Morgan fingerprint density at radius 3 is 1.89 bits per heavy atom. The molecule has 19 heavy (non-hydrogen) atoms. The summed E-state index contributed by atoms with van der Waals surface area (Å²) in [5, 5.41) is 23.6. The molecule has 2 aliphatic rings. The fourth-order valence-electron chi connectivity index (χ4n) is 0.659. The van der Waals surface area contributed by atoms with Crippen molar-refractivity contribution in [2.24, 2.45) is 0 Å². The van der Waals surface area contributed by atoms with E-state index in [1.54, 1.807) is 0 Å². The fourth-order valence-corrected chi connectivity index (χ4v) is 0.659. The van der Waals surface area contributed by atoms with E-state index in [1.165, 1.54) is 6.92 Å². The second-order valence-corrected chi connectivity index (χ2v) is 4.02. The van der Waals surface area contributed by atoms with Crippen LogP contribution in [0.5, 0.6) is 0 Å². The highest BCUT2D eigenvalue weighted by molar-refractivity contribution is 5.78. The second-order valence-electron chi connectivity index (χ2n) is 4.02. The lowest BCUT2D eigenvalue weighted by Crippen LogP contribution is -2.06. The Hall–Kier alpha value is -0.990. The van der Waals surface area contributed by atoms with E-state index in [0.29, 0.717) is 12.2 Å². The summed E-state index contributed by atoms with van der Waals surface area (Å²) in [7, 11) is 0. The molecule has 2 rings (SSSR count). The van der Waals surface area contributed by atoms with Gasteiger partial charge in [0.15, 0.2) is 0 Å². The highest BCUT2D eigenvalue weighted by atomic mass is 16.6. The maximum absolute atomic E-state index is 9.25. The van der Waals surface area contributed by atoms with Crippen molar-refractivity contribution in [1.82, 2.24) is 0 Å². The number of aliphatic hydroxyl groups is 2. The molecular formula is C12H22O7. The van der Waals surface area contributed by atoms with Crippen LogP contribution in [-0.2, 0) is 19.0 Å². The lowest BCUT2D eigenvalue weighted by molar-refractivity contribution is -0.131. The summed E-state index contributed by atoms with van der Waals surface area (Å²) < 4.78 is 15.1. The minimum absolute atomic E-state index is 0.139. The van der Waals surface area contributed by atoms with Crippen molar-refractivity contribution in [2.75, 3.05) is 33.0 Å². The largest absolute Gasteiger partial charge is 0.478 e. The first-order valence-corrected chi connectivity index (χ1v) is 5.94. The van der Waals surface area contributed by atoms with Crippen molar-refractivity contribution < 1.29 is 34.3 Å². The van der Waals surface area contributed by atoms with Gasteiger partial charge >= 0.3 is 5.97 Å². The van der Waals surface area contributed by atoms with E-state index in [-0.39, 0.29) is 6.61 Å². The summed E-state index contributed by atoms with van der Waals surface area (Å²) in [6.07, 6.45) is 1.06. The van der Waals surface area contributed by atoms with Gasteiger partial charge in [0.25, 0.3) is 0 Å². The Kier molecular flexibility index (Phi) is 10.3. The number of ether oxygens (including phenoxy) is 3. The lowest BCUT2D eigenvalue weighted by Gasteiger charge is -1.95. The third-order valence-electron chi connectivity index (χ3n) is 1.85. The minimum Gasteiger partial charge on any atom is -0.478 e. The molecule has 3 unspecified atom stereocenters. The molecule has 3 atom stereocenters. The van der Waals surface area contributed by atoms with Crippen molar-refractivity contribution >= 4 is 5.97 Å². The van der Waals surface area contributed by atoms with Gasteiger partial charge < -0.3 is 29.5 Å². The minimum atomic E-state index is -0.981. The van der Waals surface area contributed by atoms with Crippen molar-refractivity contribution in [3.05, 3.63) is 12.7 Å². The molecule has 0 aliphatic carbocycles. The highest BCUT2D eigenvalue weighted by Crippen LogP contribution is 2.12. The molecule has 0 radical (unpaired) electrons. The van der Waals surface area contributed by atoms with E-state index in [2.05, 4.69) is 6.58 Å². The first kappa shape index (κ1) is 18.0. The first-order chi connectivity index (χ1) is 8.99. The van der Waals surface area contributed by atoms with Crippen LogP contribution in [0, 0.1) is 0 Å². The van der Waals surface area contributed by atoms with Gasteiger partial charge in [0.1, 0.15) is 12.2 Å². The van der Waals surface area contributed by atoms with Crippen molar-refractivity contribution in [2.45, 2.75) is 25.2 Å². The molecule has 2 aliphatic heterocycles. The lowest BCUT2D eigenvalue weighted by atomic mass is 10.5. The van der Waals surface area contributed by atoms with Crippen LogP contribution in [0.1, 0.15) is 6.92 Å². The average molecular weight is 278 g/mol. The van der Waals surface area contributed by atoms with Crippen molar-refractivity contribution in [3.8, 4) is 0 Å². The number of epoxide rings is 2. The Morgan fingerprint density at radius 1 is 1.42 bits per heavy atom. The number of carboxylic acid groups (broad SMARTS) is 1. The molecular weight excluding hydrogens is 256 g/mol. The van der Waals surface area contributed by atoms with Crippen LogP contribution in [0.15, 0.2) is 12.7 Å². The van der Waals surface area contributed by atoms with Crippen LogP contribution < -0.4 is 0 Å². The molecule has 2 heterocycles. The maximum Gasteiger partial charge on any atom is 0.327 e. The number of carbonyl (C=O) groups is 1. The normalized spacial score (nSPS) is 23.9. The topological polar surface area (TPSA) is 112 Å². The van der Waals surface area contributed by atoms with Gasteiger partial charge in [-0.15, -0.1) is 0 Å². The summed E-state index contributed by atoms with van der Waals surface area (Å²) in [6.45, 7) is 7.61. The quantitative estimate of drug-likeness (QED) is 0.440. The Morgan fingerprint density at radius 2 is 1.74 bits per heavy atom. The SMILES string of the molecule is C(OCC1CO1)C1CO1.C=CC(=O)O.CC(O)CO. The average Bonchev–Trinajstić information content (AvgIpc) is 3.25. The zero-order valence-corrected chi connectivity index (χ0v) is 11.0. The molecule has 112 valence electrons. The maximum atomic E-state index is 9.25. The van der Waals surface area contributed by atoms with Gasteiger partial charge in [-0.3, -0.25) is 0 Å². The molecule has 3 N–H and O–H groups in total. The molecule has 7 nitrogen and oxygen atoms in total. The smallest absolute Gasteiger partial charge is 0.327 e. The number of hydrogen-bond donors (Lipinski definition) is 3. The zero-order valence-electron chi connectivity index (χ0n) is 11.0. The molecule has 2 saturated heterocycles. The van der Waals surface area contributed by atoms with Crippen LogP contribution in [0.2, 0.25) is 0 Å². The van der Waals surface area contributed by atoms with Crippen LogP contribution in [0.3, 0.4) is 0 Å². The van der Waals surface area contributed by atoms with Crippen molar-refractivity contribution in [1.29, 1.82) is 0 Å². The second kappa shape index (κ2) is 10.9. The predicted octanol–water partition coefficient (Wildman–Crippen LogP) is -0.583. The van der Waals surface area contributed by atoms with Crippen molar-refractivity contribution in [3.63, 3.8) is 0 Å². The van der Waals surface area contributed by atoms with Gasteiger partial charge in [0, 0.05) is 6.08 Å². The van der Waals surface area contributed by atoms with E-state index in [1.807, 2.05) is 0 Å². The van der Waals surface area contributed by atoms with Crippen LogP contribution in [0.4, 0.5) is 0 Å². The van der Waals surface area contributed by atoms with Crippen LogP contribution in [0.25, 0.3) is 0 Å². The molecule has 0 aromatic rings. The van der Waals surface area contributed by atoms with Gasteiger partial charge in [0.05, 0.1) is 39.1 Å². The third kappa shape index (κ3) is 17.0. The summed E-state index contributed by atoms with van der Waals surface area (Å²) >= 11 is 0. The number of carboxylic acids is 1. The molecule has 0 aromatic carbocycles. The van der Waals surface area contributed by atoms with Gasteiger partial charge in [-0.1, -0.05) is 6.58 Å². The number of rotatable bonds is 6. The molecule has 0 saturated carbocycles. The van der Waals surface area contributed by atoms with Gasteiger partial charge in [0.2, 0.25) is 0 Å². The van der Waals surface area contributed by atoms with Crippen LogP contribution >= 0.6 is 0 Å². The molecule has 0 spiro atoms. The van der Waals surface area contributed by atoms with Gasteiger partial charge in [-0.05, 0) is 6.92 Å². The number of hydrogen-bond acceptors (Lipinski definition) is 6. The fraction of sp³-hybridized carbons (Fsp3) is 0.750. The zero-order chi connectivity index (χ0) is 14.7. The van der Waals surface area contributed by atoms with Crippen LogP contribution in [-0.4, -0.2) is 72.6 Å². The first-order valence-electron chi connectivity index (χ1n) is 5.94. The summed E-state index contributed by atoms with van der Waals surface area (Å²) in [6, 6.07) is 0. The third-order valence-corrected chi connectivity index (χ3v) is 1.85. The van der Waals surface area contributed by atoms with E-state index in [9.17, 15) is 4.79 Å². The highest BCUT2D eigenvalue weighted by Gasteiger charge is 2.26. The van der Waals surface area contributed by atoms with E-state index < -0.39 is 12.1 Å². The summed E-state index contributed by atoms with van der Waals surface area (Å²) in [5.74, 6) is -0.981. The molecule has 7 heteroatoms. The Labute approximate surface area is 112 Å². The predicted molar refractivity (Wildman–Crippen MR) is 66.9 cm³/mol. The van der Waals surface area contributed by atoms with E-state index in [0.717, 1.165) is 32.5 Å². The number of aliphatic hydroxyl groups excluding tert-OH is 2. The monoisotopic (exact) mass is 278 g/mol. The molecule has 0 amide bonds. The summed E-state index contributed by atoms with van der Waals surface area (Å²) in [5.41, 5.74) is 0. The van der Waals surface area contributed by atoms with Gasteiger partial charge in [-0.25, -0.2) is 4.79 Å². The summed E-state index contributed by atoms with van der Waals surface area (Å²) in [4.78, 5) is 9.25. The standard InChI is InChI=1S/C6H10O3.C3H8O2.C3H4O2/c1(5-3-8-5)7-2-6-4-9-6;1-3(5)2-4;1-2-3(4)5/h5-6H,1-4H2;3-5H,2H2,1H3;2H,1H2,(H,4,5). The van der Waals surface area contributed by atoms with E-state index in [4.69, 9.17) is 29.5 Å². The molecule has 0 aromatic heterocycles. The Balaban J connectivity index is 0.000000283. The molecule has 0 bridgehead atoms. The number of aliphatic carboxylic acids is 1. The molecule has 2 fully saturated rings. The Bertz CT molecular complexity index is 234. The van der Waals surface area contributed by atoms with E-state index >= 15 is 0 Å².